The highest BCUT2D eigenvalue weighted by atomic mass is 16.2. The molecule has 0 aliphatic carbocycles. The number of likely N-dealkylation sites (N-methyl/N-ethyl adjacent to an activating group) is 1. The number of carbonyl (C=O) groups is 2. The quantitative estimate of drug-likeness (QED) is 0.462. The molecule has 0 aromatic heterocycles. The lowest BCUT2D eigenvalue weighted by Crippen LogP contribution is -3.18. The lowest BCUT2D eigenvalue weighted by Gasteiger charge is -2.39. The van der Waals surface area contributed by atoms with Crippen LogP contribution >= 0.6 is 0 Å². The van der Waals surface area contributed by atoms with Gasteiger partial charge in [-0.3, -0.25) is 19.4 Å². The second-order valence-electron chi connectivity index (χ2n) is 12.1. The molecule has 4 aliphatic rings. The van der Waals surface area contributed by atoms with Crippen molar-refractivity contribution in [2.45, 2.75) is 83.6 Å². The Morgan fingerprint density at radius 2 is 1.88 bits per heavy atom. The van der Waals surface area contributed by atoms with Crippen LogP contribution < -0.4 is 15.5 Å². The summed E-state index contributed by atoms with van der Waals surface area (Å²) in [5.41, 5.74) is 0.181. The molecule has 0 bridgehead atoms. The number of nitrogens with two attached hydrogens (primary N) is 1. The smallest absolute Gasteiger partial charge is 0.243 e. The van der Waals surface area contributed by atoms with E-state index in [0.717, 1.165) is 52.1 Å². The van der Waals surface area contributed by atoms with E-state index in [4.69, 9.17) is 0 Å². The maximum Gasteiger partial charge on any atom is 0.243 e. The molecule has 2 amide bonds. The van der Waals surface area contributed by atoms with Crippen LogP contribution in [0.4, 0.5) is 0 Å². The van der Waals surface area contributed by atoms with Crippen LogP contribution in [0.1, 0.15) is 59.3 Å². The Morgan fingerprint density at radius 1 is 1.12 bits per heavy atom. The maximum atomic E-state index is 13.0. The number of quaternary nitrogens is 2. The molecule has 4 N–H and O–H groups in total. The van der Waals surface area contributed by atoms with Crippen LogP contribution in [0.2, 0.25) is 0 Å². The summed E-state index contributed by atoms with van der Waals surface area (Å²) in [6, 6.07) is 0.598. The molecule has 8 nitrogen and oxygen atoms in total. The molecule has 5 atom stereocenters. The number of fused-ring (bicyclic) bond motifs is 1. The number of likely N-dealkylation sites (tertiary alicyclic amines) is 1. The van der Waals surface area contributed by atoms with Gasteiger partial charge in [-0.25, -0.2) is 0 Å². The third-order valence-electron chi connectivity index (χ3n) is 8.43. The molecular formula is C25H48N6O2+2. The second-order valence-corrected chi connectivity index (χ2v) is 12.1. The maximum absolute atomic E-state index is 13.0. The van der Waals surface area contributed by atoms with E-state index >= 15 is 0 Å². The highest BCUT2D eigenvalue weighted by Gasteiger charge is 2.48. The molecule has 0 aromatic rings. The van der Waals surface area contributed by atoms with Gasteiger partial charge in [-0.05, 0) is 18.3 Å². The number of carbonyl (C=O) groups excluding carboxylic acids is 2. The highest BCUT2D eigenvalue weighted by Crippen LogP contribution is 2.24. The number of hydrogen-bond donors (Lipinski definition) is 3. The first-order valence-electron chi connectivity index (χ1n) is 13.4. The second kappa shape index (κ2) is 10.6. The van der Waals surface area contributed by atoms with Crippen molar-refractivity contribution in [1.29, 1.82) is 0 Å². The van der Waals surface area contributed by atoms with E-state index in [2.05, 4.69) is 53.2 Å². The van der Waals surface area contributed by atoms with Crippen molar-refractivity contribution in [3.05, 3.63) is 0 Å². The monoisotopic (exact) mass is 464 g/mol. The number of piperazine rings is 1. The molecule has 4 saturated heterocycles. The molecule has 4 aliphatic heterocycles. The lowest BCUT2D eigenvalue weighted by molar-refractivity contribution is -0.928. The zero-order valence-electron chi connectivity index (χ0n) is 21.4. The number of rotatable bonds is 5. The predicted molar refractivity (Wildman–Crippen MR) is 129 cm³/mol. The van der Waals surface area contributed by atoms with E-state index < -0.39 is 0 Å². The SMILES string of the molecule is C[NH+]1[C@@H](CCC(=O)N2CCN(C3CCCC[NH2+]3)CC2)CNC(=O)[C@@H]2[C@@H]1CCN2CC(C)(C)C. The molecule has 0 spiro atoms. The summed E-state index contributed by atoms with van der Waals surface area (Å²) >= 11 is 0. The fraction of sp³-hybridized carbons (Fsp3) is 0.920. The van der Waals surface area contributed by atoms with E-state index in [1.165, 1.54) is 30.7 Å². The number of piperidine rings is 1. The average molecular weight is 465 g/mol. The Labute approximate surface area is 200 Å². The van der Waals surface area contributed by atoms with Crippen molar-refractivity contribution >= 4 is 11.8 Å². The van der Waals surface area contributed by atoms with E-state index in [0.29, 0.717) is 37.1 Å². The van der Waals surface area contributed by atoms with Gasteiger partial charge in [0, 0.05) is 65.0 Å². The Bertz CT molecular complexity index is 681. The predicted octanol–water partition coefficient (Wildman–Crippen LogP) is -1.51. The Morgan fingerprint density at radius 3 is 2.55 bits per heavy atom. The van der Waals surface area contributed by atoms with Gasteiger partial charge in [-0.2, -0.15) is 0 Å². The van der Waals surface area contributed by atoms with Crippen molar-refractivity contribution in [1.82, 2.24) is 20.0 Å². The molecule has 0 saturated carbocycles. The average Bonchev–Trinajstić information content (AvgIpc) is 3.15. The zero-order valence-corrected chi connectivity index (χ0v) is 21.4. The summed E-state index contributed by atoms with van der Waals surface area (Å²) in [6.45, 7) is 14.3. The number of nitrogens with one attached hydrogen (secondary N) is 2. The minimum absolute atomic E-state index is 0.0328. The number of hydrogen-bond acceptors (Lipinski definition) is 4. The van der Waals surface area contributed by atoms with Crippen LogP contribution in [0.15, 0.2) is 0 Å². The van der Waals surface area contributed by atoms with E-state index in [1.54, 1.807) is 0 Å². The third kappa shape index (κ3) is 6.08. The van der Waals surface area contributed by atoms with Crippen LogP contribution in [0, 0.1) is 5.41 Å². The number of amides is 2. The van der Waals surface area contributed by atoms with E-state index in [1.807, 2.05) is 0 Å². The molecule has 188 valence electrons. The van der Waals surface area contributed by atoms with E-state index in [9.17, 15) is 9.59 Å². The molecule has 0 aromatic carbocycles. The summed E-state index contributed by atoms with van der Waals surface area (Å²) in [7, 11) is 2.24. The minimum atomic E-state index is -0.0328. The molecule has 4 heterocycles. The topological polar surface area (TPSA) is 76.9 Å². The number of nitrogens with zero attached hydrogens (tertiary/aromatic N) is 3. The first-order chi connectivity index (χ1) is 15.7. The van der Waals surface area contributed by atoms with Crippen molar-refractivity contribution in [2.75, 3.05) is 59.4 Å². The molecule has 4 fully saturated rings. The van der Waals surface area contributed by atoms with Crippen molar-refractivity contribution in [2.24, 2.45) is 5.41 Å². The van der Waals surface area contributed by atoms with Crippen LogP contribution in [0.5, 0.6) is 0 Å². The van der Waals surface area contributed by atoms with Gasteiger partial charge >= 0.3 is 0 Å². The van der Waals surface area contributed by atoms with Crippen molar-refractivity contribution in [3.8, 4) is 0 Å². The summed E-state index contributed by atoms with van der Waals surface area (Å²) in [5.74, 6) is 0.480. The zero-order chi connectivity index (χ0) is 23.6. The Kier molecular flexibility index (Phi) is 7.98. The molecule has 8 heteroatoms. The van der Waals surface area contributed by atoms with Crippen LogP contribution in [0.3, 0.4) is 0 Å². The summed E-state index contributed by atoms with van der Waals surface area (Å²) < 4.78 is 0. The molecular weight excluding hydrogens is 416 g/mol. The van der Waals surface area contributed by atoms with Crippen LogP contribution in [-0.4, -0.2) is 110 Å². The molecule has 33 heavy (non-hydrogen) atoms. The van der Waals surface area contributed by atoms with E-state index in [-0.39, 0.29) is 17.4 Å². The highest BCUT2D eigenvalue weighted by molar-refractivity contribution is 5.83. The van der Waals surface area contributed by atoms with Crippen LogP contribution in [0.25, 0.3) is 0 Å². The van der Waals surface area contributed by atoms with Crippen molar-refractivity contribution < 1.29 is 19.8 Å². The standard InChI is InChI=1S/C25H46N6O2/c1-25(2,3)18-31-12-10-20-23(31)24(33)27-17-19(28(20)4)8-9-22(32)30-15-13-29(14-16-30)21-7-5-6-11-26-21/h19-21,23,26H,5-18H2,1-4H3,(H,27,33)/p+2/t19-,20-,21?,23-/m0/s1. The van der Waals surface area contributed by atoms with Gasteiger partial charge in [0.25, 0.3) is 0 Å². The normalized spacial score (nSPS) is 34.6. The fourth-order valence-corrected chi connectivity index (χ4v) is 6.61. The lowest BCUT2D eigenvalue weighted by atomic mass is 9.95. The fourth-order valence-electron chi connectivity index (χ4n) is 6.61. The summed E-state index contributed by atoms with van der Waals surface area (Å²) in [5, 5.41) is 5.71. The van der Waals surface area contributed by atoms with Gasteiger partial charge in [0.1, 0.15) is 24.3 Å². The van der Waals surface area contributed by atoms with Gasteiger partial charge in [0.05, 0.1) is 20.1 Å². The van der Waals surface area contributed by atoms with Gasteiger partial charge in [0.15, 0.2) is 0 Å². The minimum Gasteiger partial charge on any atom is -0.349 e. The van der Waals surface area contributed by atoms with Gasteiger partial charge in [-0.1, -0.05) is 20.8 Å². The molecule has 4 rings (SSSR count). The first-order valence-corrected chi connectivity index (χ1v) is 13.4. The van der Waals surface area contributed by atoms with Gasteiger partial charge in [0.2, 0.25) is 11.8 Å². The van der Waals surface area contributed by atoms with Gasteiger partial charge in [-0.15, -0.1) is 0 Å². The first kappa shape index (κ1) is 24.9. The summed E-state index contributed by atoms with van der Waals surface area (Å²) in [4.78, 5) is 34.5. The summed E-state index contributed by atoms with van der Waals surface area (Å²) in [6.07, 6.45) is 7.09. The van der Waals surface area contributed by atoms with Crippen LogP contribution in [-0.2, 0) is 9.59 Å². The third-order valence-corrected chi connectivity index (χ3v) is 8.43. The Hall–Kier alpha value is -1.22. The molecule has 2 unspecified atom stereocenters. The largest absolute Gasteiger partial charge is 0.349 e. The Balaban J connectivity index is 1.26. The van der Waals surface area contributed by atoms with Gasteiger partial charge < -0.3 is 20.4 Å². The molecule has 0 radical (unpaired) electrons. The van der Waals surface area contributed by atoms with Crippen molar-refractivity contribution in [3.63, 3.8) is 0 Å².